The smallest absolute Gasteiger partial charge is 0.346 e. The summed E-state index contributed by atoms with van der Waals surface area (Å²) in [6.45, 7) is 7.29. The average Bonchev–Trinajstić information content (AvgIpc) is 1.60. The van der Waals surface area contributed by atoms with Crippen molar-refractivity contribution in [1.82, 2.24) is 0 Å². The first-order valence-electron chi connectivity index (χ1n) is 30.4. The Kier molecular flexibility index (Phi) is 19.8. The lowest BCUT2D eigenvalue weighted by atomic mass is 9.96. The molecule has 3 heterocycles. The SMILES string of the molecule is [C-]#[N+]/C(=C\c1ccc(/C(=C/c2ccc(-c3ccc(N(c4ccc(-c5ccc(/C=C(\c6ccccc6)c6ccc(/C=C(\C#N)C(=O)O)cc6)s5)cc4)c4ccc(-c5ccc(/C=C(\c6ccccc6)c6ccc(/C=C(\C#N)C(=O)O)cc6)s5)cc4)cc3)s2)c2ccccc2)cc1)C(=O)O. The molecule has 464 valence electrons. The van der Waals surface area contributed by atoms with Gasteiger partial charge in [-0.15, -0.1) is 34.0 Å². The topological polar surface area (TPSA) is 167 Å². The van der Waals surface area contributed by atoms with Crippen LogP contribution in [-0.2, 0) is 14.4 Å². The first kappa shape index (κ1) is 64.3. The van der Waals surface area contributed by atoms with E-state index in [2.05, 4.69) is 174 Å². The molecule has 12 rings (SSSR count). The molecule has 0 fully saturated rings. The molecular formula is C84H54N4O6S3. The standard InChI is InChI=1S/C84H54N4O6S3/c1-87-78(84(93)94)49-57-21-27-63(28-22-57)77(60-15-9-4-10-16-60)52-74-43-46-81(97-74)66-33-39-71(40-34-66)88(69-35-29-64(30-36-69)79-44-41-72(95-79)50-75(58-11-5-2-6-12-58)61-23-17-55(18-24-61)47-67(53-85)82(89)90)70-37-31-65(32-38-70)80-45-42-73(96-80)51-76(59-13-7-3-8-14-59)62-25-19-56(20-26-62)48-68(54-86)83(91)92/h2-52H,(H,89,90)(H,91,92)(H,93,94)/b67-47+,68-48+,75-50+,76-51+,77-52+,78-49-. The monoisotopic (exact) mass is 1310 g/mol. The fraction of sp³-hybridized carbons (Fsp3) is 0. The Balaban J connectivity index is 0.857. The van der Waals surface area contributed by atoms with Gasteiger partial charge in [-0.25, -0.2) is 14.4 Å². The Bertz CT molecular complexity index is 4690. The molecule has 13 heteroatoms. The van der Waals surface area contributed by atoms with Crippen molar-refractivity contribution in [2.75, 3.05) is 4.90 Å². The van der Waals surface area contributed by atoms with Gasteiger partial charge in [0.15, 0.2) is 0 Å². The maximum Gasteiger partial charge on any atom is 0.346 e. The minimum atomic E-state index is -1.27. The quantitative estimate of drug-likeness (QED) is 0.0360. The summed E-state index contributed by atoms with van der Waals surface area (Å²) < 4.78 is 0. The van der Waals surface area contributed by atoms with E-state index in [9.17, 15) is 40.2 Å². The minimum Gasteiger partial charge on any atom is -0.486 e. The molecule has 3 aromatic heterocycles. The van der Waals surface area contributed by atoms with Gasteiger partial charge in [0.2, 0.25) is 0 Å². The van der Waals surface area contributed by atoms with Crippen molar-refractivity contribution in [2.24, 2.45) is 0 Å². The third kappa shape index (κ3) is 15.5. The van der Waals surface area contributed by atoms with Crippen LogP contribution in [0.5, 0.6) is 0 Å². The van der Waals surface area contributed by atoms with Crippen LogP contribution >= 0.6 is 34.0 Å². The molecule has 3 N–H and O–H groups in total. The highest BCUT2D eigenvalue weighted by Crippen LogP contribution is 2.42. The van der Waals surface area contributed by atoms with Gasteiger partial charge in [-0.05, 0) is 193 Å². The Morgan fingerprint density at radius 3 is 0.876 bits per heavy atom. The second kappa shape index (κ2) is 29.9. The number of nitrogens with zero attached hydrogens (tertiary/aromatic N) is 4. The molecule has 0 saturated heterocycles. The van der Waals surface area contributed by atoms with Crippen LogP contribution < -0.4 is 4.90 Å². The number of carboxylic acid groups (broad SMARTS) is 3. The summed E-state index contributed by atoms with van der Waals surface area (Å²) in [4.78, 5) is 46.5. The molecule has 0 atom stereocenters. The predicted molar refractivity (Wildman–Crippen MR) is 395 cm³/mol. The van der Waals surface area contributed by atoms with Crippen LogP contribution in [-0.4, -0.2) is 33.2 Å². The average molecular weight is 1310 g/mol. The molecule has 12 aromatic rings. The highest BCUT2D eigenvalue weighted by Gasteiger charge is 2.18. The molecule has 0 aliphatic rings. The van der Waals surface area contributed by atoms with Crippen molar-refractivity contribution >= 4 is 122 Å². The van der Waals surface area contributed by atoms with E-state index in [1.165, 1.54) is 18.2 Å². The van der Waals surface area contributed by atoms with E-state index in [-0.39, 0.29) is 16.8 Å². The number of rotatable bonds is 21. The number of aliphatic carboxylic acids is 3. The molecule has 0 bridgehead atoms. The van der Waals surface area contributed by atoms with Crippen molar-refractivity contribution in [1.29, 1.82) is 10.5 Å². The van der Waals surface area contributed by atoms with Crippen molar-refractivity contribution in [2.45, 2.75) is 0 Å². The molecular weight excluding hydrogens is 1260 g/mol. The molecule has 0 aliphatic heterocycles. The lowest BCUT2D eigenvalue weighted by Gasteiger charge is -2.26. The normalized spacial score (nSPS) is 12.1. The number of hydrogen-bond donors (Lipinski definition) is 3. The van der Waals surface area contributed by atoms with Gasteiger partial charge < -0.3 is 20.2 Å². The predicted octanol–water partition coefficient (Wildman–Crippen LogP) is 21.4. The summed E-state index contributed by atoms with van der Waals surface area (Å²) in [5.41, 5.74) is 15.7. The van der Waals surface area contributed by atoms with Gasteiger partial charge in [-0.3, -0.25) is 4.79 Å². The third-order valence-corrected chi connectivity index (χ3v) is 19.1. The lowest BCUT2D eigenvalue weighted by molar-refractivity contribution is -0.133. The Morgan fingerprint density at radius 1 is 0.340 bits per heavy atom. The van der Waals surface area contributed by atoms with Gasteiger partial charge in [-0.2, -0.15) is 10.5 Å². The fourth-order valence-corrected chi connectivity index (χ4v) is 13.9. The van der Waals surface area contributed by atoms with E-state index >= 15 is 0 Å². The van der Waals surface area contributed by atoms with Gasteiger partial charge in [0.1, 0.15) is 23.3 Å². The van der Waals surface area contributed by atoms with Gasteiger partial charge in [0.25, 0.3) is 5.70 Å². The van der Waals surface area contributed by atoms with Gasteiger partial charge >= 0.3 is 17.9 Å². The van der Waals surface area contributed by atoms with Crippen LogP contribution in [0.15, 0.2) is 290 Å². The maximum absolute atomic E-state index is 11.6. The van der Waals surface area contributed by atoms with E-state index in [1.807, 2.05) is 127 Å². The number of anilines is 3. The number of benzene rings is 9. The van der Waals surface area contributed by atoms with Crippen LogP contribution in [0.4, 0.5) is 17.1 Å². The van der Waals surface area contributed by atoms with Gasteiger partial charge in [0, 0.05) is 46.3 Å². The van der Waals surface area contributed by atoms with E-state index < -0.39 is 17.9 Å². The van der Waals surface area contributed by atoms with Crippen molar-refractivity contribution in [3.05, 3.63) is 366 Å². The van der Waals surface area contributed by atoms with Crippen LogP contribution in [0.1, 0.15) is 64.7 Å². The Hall–Kier alpha value is -12.8. The molecule has 0 saturated carbocycles. The molecule has 0 unspecified atom stereocenters. The number of carboxylic acids is 3. The molecule has 9 aromatic carbocycles. The largest absolute Gasteiger partial charge is 0.486 e. The summed E-state index contributed by atoms with van der Waals surface area (Å²) in [6, 6.07) is 95.0. The summed E-state index contributed by atoms with van der Waals surface area (Å²) in [7, 11) is 0. The summed E-state index contributed by atoms with van der Waals surface area (Å²) in [5, 5.41) is 47.1. The van der Waals surface area contributed by atoms with E-state index in [1.54, 1.807) is 46.1 Å². The number of nitriles is 2. The molecule has 0 radical (unpaired) electrons. The van der Waals surface area contributed by atoms with Gasteiger partial charge in [-0.1, -0.05) is 200 Å². The number of hydrogen-bond acceptors (Lipinski definition) is 9. The maximum atomic E-state index is 11.6. The van der Waals surface area contributed by atoms with Crippen LogP contribution in [0.25, 0.3) is 89.3 Å². The summed E-state index contributed by atoms with van der Waals surface area (Å²) in [6.07, 6.45) is 10.6. The molecule has 0 aliphatic carbocycles. The fourth-order valence-electron chi connectivity index (χ4n) is 11.0. The van der Waals surface area contributed by atoms with Crippen LogP contribution in [0.3, 0.4) is 0 Å². The first-order chi connectivity index (χ1) is 47.4. The zero-order valence-electron chi connectivity index (χ0n) is 51.5. The zero-order valence-corrected chi connectivity index (χ0v) is 54.0. The van der Waals surface area contributed by atoms with Crippen molar-refractivity contribution in [3.63, 3.8) is 0 Å². The molecule has 0 amide bonds. The van der Waals surface area contributed by atoms with E-state index in [4.69, 9.17) is 6.57 Å². The van der Waals surface area contributed by atoms with Gasteiger partial charge in [0.05, 0.1) is 6.57 Å². The Labute approximate surface area is 572 Å². The highest BCUT2D eigenvalue weighted by atomic mass is 32.1. The number of thiophene rings is 3. The van der Waals surface area contributed by atoms with Crippen molar-refractivity contribution < 1.29 is 29.7 Å². The highest BCUT2D eigenvalue weighted by molar-refractivity contribution is 7.17. The second-order valence-electron chi connectivity index (χ2n) is 22.1. The Morgan fingerprint density at radius 2 is 0.619 bits per heavy atom. The van der Waals surface area contributed by atoms with Crippen molar-refractivity contribution in [3.8, 4) is 43.5 Å². The number of carbonyl (C=O) groups is 3. The zero-order chi connectivity index (χ0) is 67.2. The first-order valence-corrected chi connectivity index (χ1v) is 32.9. The van der Waals surface area contributed by atoms with Crippen LogP contribution in [0, 0.1) is 29.2 Å². The third-order valence-electron chi connectivity index (χ3n) is 15.9. The molecule has 97 heavy (non-hydrogen) atoms. The summed E-state index contributed by atoms with van der Waals surface area (Å²) in [5.74, 6) is -3.81. The molecule has 0 spiro atoms. The van der Waals surface area contributed by atoms with Crippen LogP contribution in [0.2, 0.25) is 0 Å². The molecule has 10 nitrogen and oxygen atoms in total. The lowest BCUT2D eigenvalue weighted by Crippen LogP contribution is -2.09. The van der Waals surface area contributed by atoms with E-state index in [0.717, 1.165) is 113 Å². The van der Waals surface area contributed by atoms with E-state index in [0.29, 0.717) is 16.7 Å². The minimum absolute atomic E-state index is 0.336. The second-order valence-corrected chi connectivity index (χ2v) is 25.5. The summed E-state index contributed by atoms with van der Waals surface area (Å²) >= 11 is 5.04.